The molecule has 4 aromatic rings. The fraction of sp³-hybridized carbons (Fsp3) is 0.105. The van der Waals surface area contributed by atoms with Gasteiger partial charge in [-0.25, -0.2) is 4.98 Å². The molecule has 0 aliphatic rings. The second-order valence-corrected chi connectivity index (χ2v) is 8.21. The molecule has 1 amide bonds. The van der Waals surface area contributed by atoms with Crippen molar-refractivity contribution in [1.29, 1.82) is 0 Å². The van der Waals surface area contributed by atoms with E-state index in [2.05, 4.69) is 52.1 Å². The van der Waals surface area contributed by atoms with Crippen molar-refractivity contribution in [2.45, 2.75) is 6.92 Å². The Morgan fingerprint density at radius 1 is 1.19 bits per heavy atom. The molecule has 0 saturated carbocycles. The van der Waals surface area contributed by atoms with E-state index in [0.29, 0.717) is 5.69 Å². The van der Waals surface area contributed by atoms with Crippen LogP contribution in [0, 0.1) is 10.5 Å². The molecule has 5 nitrogen and oxygen atoms in total. The van der Waals surface area contributed by atoms with E-state index in [4.69, 9.17) is 4.98 Å². The lowest BCUT2D eigenvalue weighted by Crippen LogP contribution is -2.14. The third-order valence-electron chi connectivity index (χ3n) is 3.93. The van der Waals surface area contributed by atoms with Crippen molar-refractivity contribution in [3.8, 4) is 10.6 Å². The third-order valence-corrected chi connectivity index (χ3v) is 5.79. The van der Waals surface area contributed by atoms with Gasteiger partial charge in [0, 0.05) is 24.5 Å². The highest BCUT2D eigenvalue weighted by molar-refractivity contribution is 14.1. The van der Waals surface area contributed by atoms with Crippen molar-refractivity contribution in [2.75, 3.05) is 5.32 Å². The van der Waals surface area contributed by atoms with E-state index < -0.39 is 0 Å². The summed E-state index contributed by atoms with van der Waals surface area (Å²) in [5, 5.41) is 8.05. The van der Waals surface area contributed by atoms with Crippen LogP contribution in [0.3, 0.4) is 0 Å². The van der Waals surface area contributed by atoms with Crippen molar-refractivity contribution in [3.63, 3.8) is 0 Å². The lowest BCUT2D eigenvalue weighted by molar-refractivity contribution is 0.102. The molecule has 0 spiro atoms. The number of nitrogens with zero attached hydrogens (tertiary/aromatic N) is 3. The summed E-state index contributed by atoms with van der Waals surface area (Å²) < 4.78 is 3.64. The van der Waals surface area contributed by atoms with Gasteiger partial charge in [0.2, 0.25) is 0 Å². The van der Waals surface area contributed by atoms with E-state index in [-0.39, 0.29) is 5.91 Å². The molecule has 4 rings (SSSR count). The van der Waals surface area contributed by atoms with Gasteiger partial charge in [0.25, 0.3) is 5.91 Å². The summed E-state index contributed by atoms with van der Waals surface area (Å²) in [6.45, 7) is 2.08. The van der Waals surface area contributed by atoms with Gasteiger partial charge in [0.15, 0.2) is 5.69 Å². The number of carbonyl (C=O) groups is 1. The monoisotopic (exact) mass is 474 g/mol. The Balaban J connectivity index is 1.56. The molecule has 2 aromatic heterocycles. The van der Waals surface area contributed by atoms with Gasteiger partial charge < -0.3 is 5.32 Å². The average Bonchev–Trinajstić information content (AvgIpc) is 3.17. The number of thiazole rings is 1. The van der Waals surface area contributed by atoms with Crippen LogP contribution < -0.4 is 5.32 Å². The average molecular weight is 474 g/mol. The van der Waals surface area contributed by atoms with Crippen LogP contribution in [0.4, 0.5) is 5.69 Å². The van der Waals surface area contributed by atoms with E-state index in [9.17, 15) is 4.79 Å². The summed E-state index contributed by atoms with van der Waals surface area (Å²) in [7, 11) is 1.80. The van der Waals surface area contributed by atoms with Gasteiger partial charge in [-0.15, -0.1) is 11.3 Å². The number of anilines is 1. The lowest BCUT2D eigenvalue weighted by Gasteiger charge is -2.04. The minimum Gasteiger partial charge on any atom is -0.321 e. The molecule has 7 heteroatoms. The Bertz CT molecular complexity index is 1110. The van der Waals surface area contributed by atoms with Crippen LogP contribution >= 0.6 is 33.9 Å². The molecule has 0 atom stereocenters. The minimum atomic E-state index is -0.210. The molecule has 2 aromatic carbocycles. The summed E-state index contributed by atoms with van der Waals surface area (Å²) in [4.78, 5) is 17.0. The van der Waals surface area contributed by atoms with Gasteiger partial charge in [0.05, 0.1) is 13.8 Å². The zero-order valence-electron chi connectivity index (χ0n) is 14.2. The first kappa shape index (κ1) is 17.2. The van der Waals surface area contributed by atoms with E-state index in [0.717, 1.165) is 25.3 Å². The van der Waals surface area contributed by atoms with Gasteiger partial charge >= 0.3 is 0 Å². The van der Waals surface area contributed by atoms with Crippen LogP contribution in [-0.2, 0) is 7.05 Å². The summed E-state index contributed by atoms with van der Waals surface area (Å²) in [5.74, 6) is -0.210. The zero-order valence-corrected chi connectivity index (χ0v) is 17.1. The highest BCUT2D eigenvalue weighted by Gasteiger charge is 2.14. The predicted octanol–water partition coefficient (Wildman–Crippen LogP) is 4.86. The molecule has 0 unspecified atom stereocenters. The number of amides is 1. The fourth-order valence-electron chi connectivity index (χ4n) is 2.66. The Morgan fingerprint density at radius 2 is 1.96 bits per heavy atom. The number of halogens is 1. The Kier molecular flexibility index (Phi) is 4.49. The van der Waals surface area contributed by atoms with E-state index >= 15 is 0 Å². The van der Waals surface area contributed by atoms with Crippen molar-refractivity contribution >= 4 is 55.7 Å². The summed E-state index contributed by atoms with van der Waals surface area (Å²) in [6.07, 6.45) is 1.81. The number of fused-ring (bicyclic) bond motifs is 1. The molecular formula is C19H15IN4OS. The molecule has 1 N–H and O–H groups in total. The van der Waals surface area contributed by atoms with E-state index in [1.807, 2.05) is 36.5 Å². The fourth-order valence-corrected chi connectivity index (χ4v) is 4.48. The van der Waals surface area contributed by atoms with Crippen molar-refractivity contribution in [1.82, 2.24) is 14.8 Å². The number of hydrogen-bond acceptors (Lipinski definition) is 4. The van der Waals surface area contributed by atoms with Gasteiger partial charge in [-0.05, 0) is 71.5 Å². The van der Waals surface area contributed by atoms with Crippen LogP contribution in [-0.4, -0.2) is 20.7 Å². The number of aromatic nitrogens is 3. The molecule has 130 valence electrons. The van der Waals surface area contributed by atoms with Crippen molar-refractivity contribution in [3.05, 3.63) is 63.5 Å². The third kappa shape index (κ3) is 3.36. The SMILES string of the molecule is Cc1ccc2nc(-c3ccc(NC(=O)c4nn(C)cc4I)cc3)sc2c1. The molecule has 0 aliphatic carbocycles. The van der Waals surface area contributed by atoms with Crippen LogP contribution in [0.5, 0.6) is 0 Å². The van der Waals surface area contributed by atoms with E-state index in [1.165, 1.54) is 10.3 Å². The van der Waals surface area contributed by atoms with Crippen LogP contribution in [0.25, 0.3) is 20.8 Å². The molecule has 0 radical (unpaired) electrons. The van der Waals surface area contributed by atoms with Gasteiger partial charge in [0.1, 0.15) is 5.01 Å². The summed E-state index contributed by atoms with van der Waals surface area (Å²) >= 11 is 3.78. The lowest BCUT2D eigenvalue weighted by atomic mass is 10.2. The Morgan fingerprint density at radius 3 is 2.65 bits per heavy atom. The number of carbonyl (C=O) groups excluding carboxylic acids is 1. The van der Waals surface area contributed by atoms with Crippen LogP contribution in [0.1, 0.15) is 16.1 Å². The quantitative estimate of drug-likeness (QED) is 0.432. The second-order valence-electron chi connectivity index (χ2n) is 6.02. The maximum Gasteiger partial charge on any atom is 0.277 e. The van der Waals surface area contributed by atoms with Crippen LogP contribution in [0.2, 0.25) is 0 Å². The topological polar surface area (TPSA) is 59.8 Å². The van der Waals surface area contributed by atoms with Gasteiger partial charge in [-0.3, -0.25) is 9.48 Å². The highest BCUT2D eigenvalue weighted by atomic mass is 127. The zero-order chi connectivity index (χ0) is 18.3. The van der Waals surface area contributed by atoms with Gasteiger partial charge in [-0.1, -0.05) is 6.07 Å². The molecule has 0 fully saturated rings. The minimum absolute atomic E-state index is 0.210. The smallest absolute Gasteiger partial charge is 0.277 e. The molecular weight excluding hydrogens is 459 g/mol. The van der Waals surface area contributed by atoms with Crippen molar-refractivity contribution in [2.24, 2.45) is 7.05 Å². The molecule has 0 aliphatic heterocycles. The first-order valence-corrected chi connectivity index (χ1v) is 9.87. The number of rotatable bonds is 3. The van der Waals surface area contributed by atoms with Crippen molar-refractivity contribution < 1.29 is 4.79 Å². The first-order valence-electron chi connectivity index (χ1n) is 7.98. The Hall–Kier alpha value is -2.26. The first-order chi connectivity index (χ1) is 12.5. The number of aryl methyl sites for hydroxylation is 2. The number of hydrogen-bond donors (Lipinski definition) is 1. The standard InChI is InChI=1S/C19H15IN4OS/c1-11-3-8-15-16(9-11)26-19(22-15)12-4-6-13(7-5-12)21-18(25)17-14(20)10-24(2)23-17/h3-10H,1-2H3,(H,21,25). The maximum absolute atomic E-state index is 12.4. The number of nitrogens with one attached hydrogen (secondary N) is 1. The van der Waals surface area contributed by atoms with Crippen LogP contribution in [0.15, 0.2) is 48.7 Å². The normalized spacial score (nSPS) is 11.0. The van der Waals surface area contributed by atoms with E-state index in [1.54, 1.807) is 23.1 Å². The summed E-state index contributed by atoms with van der Waals surface area (Å²) in [6, 6.07) is 14.0. The molecule has 26 heavy (non-hydrogen) atoms. The largest absolute Gasteiger partial charge is 0.321 e. The Labute approximate surface area is 168 Å². The highest BCUT2D eigenvalue weighted by Crippen LogP contribution is 2.31. The second kappa shape index (κ2) is 6.81. The summed E-state index contributed by atoms with van der Waals surface area (Å²) in [5.41, 5.74) is 4.44. The molecule has 2 heterocycles. The maximum atomic E-state index is 12.4. The molecule has 0 saturated heterocycles. The molecule has 0 bridgehead atoms. The predicted molar refractivity (Wildman–Crippen MR) is 114 cm³/mol. The van der Waals surface area contributed by atoms with Gasteiger partial charge in [-0.2, -0.15) is 5.10 Å². The number of benzene rings is 2.